The van der Waals surface area contributed by atoms with Crippen LogP contribution in [0.15, 0.2) is 36.7 Å². The van der Waals surface area contributed by atoms with E-state index in [1.165, 1.54) is 0 Å². The van der Waals surface area contributed by atoms with Crippen molar-refractivity contribution >= 4 is 28.9 Å². The van der Waals surface area contributed by atoms with E-state index in [1.807, 2.05) is 25.1 Å². The molecule has 4 heterocycles. The molecule has 10 heteroatoms. The summed E-state index contributed by atoms with van der Waals surface area (Å²) in [5.74, 6) is 0.947. The van der Waals surface area contributed by atoms with Gasteiger partial charge in [0.05, 0.1) is 47.6 Å². The first-order valence-electron chi connectivity index (χ1n) is 12.0. The molecule has 0 saturated carbocycles. The average molecular weight is 512 g/mol. The summed E-state index contributed by atoms with van der Waals surface area (Å²) in [6.07, 6.45) is 3.83. The monoisotopic (exact) mass is 511 g/mol. The van der Waals surface area contributed by atoms with Gasteiger partial charge >= 0.3 is 0 Å². The van der Waals surface area contributed by atoms with Gasteiger partial charge in [-0.1, -0.05) is 17.7 Å². The van der Waals surface area contributed by atoms with Gasteiger partial charge in [0, 0.05) is 43.5 Å². The molecule has 0 radical (unpaired) electrons. The van der Waals surface area contributed by atoms with Crippen LogP contribution in [0.2, 0.25) is 5.02 Å². The standard InChI is InChI=1S/C26H30ClN5O4/c1-15(21-14-32(2)11-12-35-21)36-20-13-28-9-7-16(20)23-24(22-18(30-23)8-10-29-26(22)33)31-19-6-4-5-17(27)25(19)34-3/h4-7,9,13,15,21,30-31H,8,10-12,14H2,1-3H3,(H,29,33)/t15-,21-/m1/s1. The molecule has 0 aliphatic carbocycles. The molecule has 5 rings (SSSR count). The lowest BCUT2D eigenvalue weighted by atomic mass is 10.0. The normalized spacial score (nSPS) is 18.8. The number of methoxy groups -OCH3 is 1. The third kappa shape index (κ3) is 4.74. The van der Waals surface area contributed by atoms with Crippen molar-refractivity contribution in [1.82, 2.24) is 20.2 Å². The third-order valence-electron chi connectivity index (χ3n) is 6.58. The fraction of sp³-hybridized carbons (Fsp3) is 0.385. The summed E-state index contributed by atoms with van der Waals surface area (Å²) in [7, 11) is 3.64. The van der Waals surface area contributed by atoms with Crippen molar-refractivity contribution in [1.29, 1.82) is 0 Å². The molecule has 1 aromatic carbocycles. The lowest BCUT2D eigenvalue weighted by Crippen LogP contribution is -2.46. The number of hydrogen-bond acceptors (Lipinski definition) is 7. The van der Waals surface area contributed by atoms with Gasteiger partial charge in [0.1, 0.15) is 18.0 Å². The summed E-state index contributed by atoms with van der Waals surface area (Å²) in [5, 5.41) is 6.82. The van der Waals surface area contributed by atoms with Gasteiger partial charge in [-0.3, -0.25) is 9.78 Å². The fourth-order valence-corrected chi connectivity index (χ4v) is 4.96. The van der Waals surface area contributed by atoms with Gasteiger partial charge in [0.25, 0.3) is 5.91 Å². The van der Waals surface area contributed by atoms with Gasteiger partial charge in [-0.25, -0.2) is 0 Å². The topological polar surface area (TPSA) is 101 Å². The number of benzene rings is 1. The van der Waals surface area contributed by atoms with E-state index in [0.717, 1.165) is 30.0 Å². The Labute approximate surface area is 215 Å². The van der Waals surface area contributed by atoms with E-state index < -0.39 is 0 Å². The second-order valence-electron chi connectivity index (χ2n) is 9.05. The SMILES string of the molecule is COc1c(Cl)cccc1Nc1c(-c2ccncc2O[C@H](C)[C@H]2CN(C)CCO2)[nH]c2c1C(=O)NCC2. The number of anilines is 2. The van der Waals surface area contributed by atoms with Gasteiger partial charge in [0.2, 0.25) is 0 Å². The lowest BCUT2D eigenvalue weighted by molar-refractivity contribution is -0.0689. The number of likely N-dealkylation sites (N-methyl/N-ethyl adjacent to an activating group) is 1. The molecule has 0 bridgehead atoms. The molecule has 0 spiro atoms. The van der Waals surface area contributed by atoms with Gasteiger partial charge in [-0.05, 0) is 32.2 Å². The Morgan fingerprint density at radius 1 is 1.33 bits per heavy atom. The Bertz CT molecular complexity index is 1260. The van der Waals surface area contributed by atoms with E-state index in [0.29, 0.717) is 53.0 Å². The molecule has 2 aliphatic rings. The molecule has 0 unspecified atom stereocenters. The third-order valence-corrected chi connectivity index (χ3v) is 6.88. The second-order valence-corrected chi connectivity index (χ2v) is 9.45. The molecular formula is C26H30ClN5O4. The number of H-pyrrole nitrogens is 1. The summed E-state index contributed by atoms with van der Waals surface area (Å²) >= 11 is 6.37. The summed E-state index contributed by atoms with van der Waals surface area (Å²) in [4.78, 5) is 23.0. The number of para-hydroxylation sites is 1. The quantitative estimate of drug-likeness (QED) is 0.442. The Morgan fingerprint density at radius 3 is 3.00 bits per heavy atom. The lowest BCUT2D eigenvalue weighted by Gasteiger charge is -2.33. The van der Waals surface area contributed by atoms with E-state index in [2.05, 4.69) is 32.5 Å². The van der Waals surface area contributed by atoms with Crippen molar-refractivity contribution in [3.8, 4) is 22.8 Å². The number of halogens is 1. The van der Waals surface area contributed by atoms with Crippen molar-refractivity contribution in [2.24, 2.45) is 0 Å². The van der Waals surface area contributed by atoms with Crippen LogP contribution in [0.1, 0.15) is 23.0 Å². The predicted molar refractivity (Wildman–Crippen MR) is 139 cm³/mol. The summed E-state index contributed by atoms with van der Waals surface area (Å²) in [6.45, 7) is 4.93. The number of nitrogens with zero attached hydrogens (tertiary/aromatic N) is 2. The van der Waals surface area contributed by atoms with Crippen LogP contribution < -0.4 is 20.1 Å². The number of carbonyl (C=O) groups is 1. The first-order chi connectivity index (χ1) is 17.5. The van der Waals surface area contributed by atoms with E-state index in [-0.39, 0.29) is 18.1 Å². The number of nitrogens with one attached hydrogen (secondary N) is 3. The van der Waals surface area contributed by atoms with Gasteiger partial charge in [-0.15, -0.1) is 0 Å². The second kappa shape index (κ2) is 10.4. The Hall–Kier alpha value is -3.27. The smallest absolute Gasteiger partial charge is 0.255 e. The maximum absolute atomic E-state index is 13.0. The maximum Gasteiger partial charge on any atom is 0.255 e. The number of hydrogen-bond donors (Lipinski definition) is 3. The van der Waals surface area contributed by atoms with Gasteiger partial charge in [-0.2, -0.15) is 0 Å². The molecule has 9 nitrogen and oxygen atoms in total. The molecule has 1 saturated heterocycles. The first kappa shape index (κ1) is 24.4. The van der Waals surface area contributed by atoms with Crippen molar-refractivity contribution in [2.45, 2.75) is 25.6 Å². The molecule has 1 amide bonds. The highest BCUT2D eigenvalue weighted by Crippen LogP contribution is 2.43. The average Bonchev–Trinajstić information content (AvgIpc) is 3.24. The van der Waals surface area contributed by atoms with Crippen LogP contribution in [-0.4, -0.2) is 73.4 Å². The minimum absolute atomic E-state index is 0.0623. The van der Waals surface area contributed by atoms with Crippen LogP contribution in [0.25, 0.3) is 11.3 Å². The highest BCUT2D eigenvalue weighted by molar-refractivity contribution is 6.32. The Morgan fingerprint density at radius 2 is 2.19 bits per heavy atom. The summed E-state index contributed by atoms with van der Waals surface area (Å²) in [5.41, 5.74) is 4.20. The van der Waals surface area contributed by atoms with Crippen LogP contribution in [-0.2, 0) is 11.2 Å². The van der Waals surface area contributed by atoms with Crippen LogP contribution >= 0.6 is 11.6 Å². The summed E-state index contributed by atoms with van der Waals surface area (Å²) < 4.78 is 17.9. The number of fused-ring (bicyclic) bond motifs is 1. The number of morpholine rings is 1. The highest BCUT2D eigenvalue weighted by Gasteiger charge is 2.30. The minimum Gasteiger partial charge on any atom is -0.493 e. The van der Waals surface area contributed by atoms with Crippen molar-refractivity contribution < 1.29 is 19.0 Å². The fourth-order valence-electron chi connectivity index (χ4n) is 4.71. The van der Waals surface area contributed by atoms with E-state index in [9.17, 15) is 4.79 Å². The number of ether oxygens (including phenoxy) is 3. The molecule has 1 fully saturated rings. The van der Waals surface area contributed by atoms with Crippen LogP contribution in [0.4, 0.5) is 11.4 Å². The molecule has 2 aliphatic heterocycles. The first-order valence-corrected chi connectivity index (χ1v) is 12.4. The number of rotatable bonds is 7. The maximum atomic E-state index is 13.0. The van der Waals surface area contributed by atoms with Crippen LogP contribution in [0.5, 0.6) is 11.5 Å². The van der Waals surface area contributed by atoms with Crippen molar-refractivity contribution in [3.05, 3.63) is 52.9 Å². The zero-order chi connectivity index (χ0) is 25.2. The number of pyridine rings is 1. The molecule has 36 heavy (non-hydrogen) atoms. The molecule has 3 aromatic rings. The van der Waals surface area contributed by atoms with E-state index in [1.54, 1.807) is 25.6 Å². The molecule has 2 aromatic heterocycles. The van der Waals surface area contributed by atoms with Crippen LogP contribution in [0.3, 0.4) is 0 Å². The van der Waals surface area contributed by atoms with E-state index >= 15 is 0 Å². The van der Waals surface area contributed by atoms with Crippen molar-refractivity contribution in [3.63, 3.8) is 0 Å². The number of aromatic nitrogens is 2. The van der Waals surface area contributed by atoms with Gasteiger partial charge in [0.15, 0.2) is 5.75 Å². The molecule has 2 atom stereocenters. The summed E-state index contributed by atoms with van der Waals surface area (Å²) in [6, 6.07) is 7.33. The number of aromatic amines is 1. The molecule has 3 N–H and O–H groups in total. The van der Waals surface area contributed by atoms with Crippen molar-refractivity contribution in [2.75, 3.05) is 45.7 Å². The largest absolute Gasteiger partial charge is 0.493 e. The zero-order valence-corrected chi connectivity index (χ0v) is 21.3. The van der Waals surface area contributed by atoms with Crippen LogP contribution in [0, 0.1) is 0 Å². The van der Waals surface area contributed by atoms with E-state index in [4.69, 9.17) is 25.8 Å². The molecular weight excluding hydrogens is 482 g/mol. The number of carbonyl (C=O) groups excluding carboxylic acids is 1. The zero-order valence-electron chi connectivity index (χ0n) is 20.6. The van der Waals surface area contributed by atoms with Gasteiger partial charge < -0.3 is 34.7 Å². The Balaban J connectivity index is 1.56. The number of amides is 1. The molecule has 190 valence electrons. The predicted octanol–water partition coefficient (Wildman–Crippen LogP) is 3.87. The Kier molecular flexibility index (Phi) is 7.04. The minimum atomic E-state index is -0.201. The highest BCUT2D eigenvalue weighted by atomic mass is 35.5.